The minimum absolute atomic E-state index is 0.154. The molecule has 0 amide bonds. The Morgan fingerprint density at radius 2 is 1.96 bits per heavy atom. The zero-order valence-corrected chi connectivity index (χ0v) is 16.1. The number of aliphatic hydroxyl groups is 1. The van der Waals surface area contributed by atoms with Crippen LogP contribution in [-0.2, 0) is 0 Å². The Hall–Kier alpha value is -2.55. The molecule has 0 radical (unpaired) electrons. The number of rotatable bonds is 4. The molecule has 1 aromatic heterocycles. The van der Waals surface area contributed by atoms with Crippen LogP contribution in [0.5, 0.6) is 5.88 Å². The van der Waals surface area contributed by atoms with Crippen LogP contribution < -0.4 is 4.74 Å². The topological polar surface area (TPSA) is 48.8 Å². The van der Waals surface area contributed by atoms with E-state index in [1.165, 1.54) is 6.20 Å². The first-order valence-corrected chi connectivity index (χ1v) is 8.91. The lowest BCUT2D eigenvalue weighted by atomic mass is 10.0. The van der Waals surface area contributed by atoms with Gasteiger partial charge in [-0.1, -0.05) is 20.8 Å². The van der Waals surface area contributed by atoms with Gasteiger partial charge in [0.25, 0.3) is 5.88 Å². The van der Waals surface area contributed by atoms with Crippen molar-refractivity contribution in [3.63, 3.8) is 0 Å². The first-order chi connectivity index (χ1) is 13.2. The van der Waals surface area contributed by atoms with Gasteiger partial charge in [-0.3, -0.25) is 5.01 Å². The van der Waals surface area contributed by atoms with Crippen LogP contribution in [0, 0.1) is 5.82 Å². The van der Waals surface area contributed by atoms with Crippen LogP contribution in [0.25, 0.3) is 5.57 Å². The van der Waals surface area contributed by atoms with Crippen LogP contribution in [-0.4, -0.2) is 46.0 Å². The Balaban J connectivity index is 0.00000136. The van der Waals surface area contributed by atoms with Gasteiger partial charge in [0.05, 0.1) is 11.7 Å². The lowest BCUT2D eigenvalue weighted by Crippen LogP contribution is -2.36. The second kappa shape index (κ2) is 8.64. The number of likely N-dealkylation sites (N-methyl/N-ethyl adjacent to an activating group) is 1. The summed E-state index contributed by atoms with van der Waals surface area (Å²) in [7, 11) is 1.84. The number of nitrogens with zero attached hydrogens (tertiary/aromatic N) is 3. The number of allylic oxidation sites excluding steroid dienone is 3. The summed E-state index contributed by atoms with van der Waals surface area (Å²) in [5.41, 5.74) is 1.50. The van der Waals surface area contributed by atoms with Gasteiger partial charge in [-0.15, -0.1) is 0 Å². The van der Waals surface area contributed by atoms with Gasteiger partial charge in [-0.05, 0) is 30.2 Å². The quantitative estimate of drug-likeness (QED) is 0.734. The Bertz CT molecular complexity index is 803. The highest BCUT2D eigenvalue weighted by Gasteiger charge is 2.35. The molecule has 3 rings (SSSR count). The van der Waals surface area contributed by atoms with Crippen molar-refractivity contribution < 1.29 is 27.4 Å². The van der Waals surface area contributed by atoms with E-state index in [9.17, 15) is 22.7 Å². The number of halogens is 4. The van der Waals surface area contributed by atoms with Gasteiger partial charge >= 0.3 is 6.18 Å². The number of ether oxygens (including phenoxy) is 1. The second-order valence-corrected chi connectivity index (χ2v) is 5.94. The smallest absolute Gasteiger partial charge is 0.422 e. The fraction of sp³-hybridized carbons (Fsp3) is 0.421. The largest absolute Gasteiger partial charge is 0.508 e. The van der Waals surface area contributed by atoms with Crippen molar-refractivity contribution in [3.05, 3.63) is 53.5 Å². The number of hydrazine groups is 1. The molecule has 2 aliphatic rings. The number of fused-ring (bicyclic) bond motifs is 1. The van der Waals surface area contributed by atoms with Crippen LogP contribution in [0.3, 0.4) is 0 Å². The van der Waals surface area contributed by atoms with E-state index < -0.39 is 24.5 Å². The second-order valence-electron chi connectivity index (χ2n) is 5.94. The lowest BCUT2D eigenvalue weighted by molar-refractivity contribution is -0.154. The molecule has 0 bridgehead atoms. The molecule has 5 nitrogen and oxygen atoms in total. The molecule has 9 heteroatoms. The van der Waals surface area contributed by atoms with Gasteiger partial charge in [0.1, 0.15) is 5.76 Å². The van der Waals surface area contributed by atoms with E-state index in [1.807, 2.05) is 32.8 Å². The summed E-state index contributed by atoms with van der Waals surface area (Å²) in [4.78, 5) is 3.63. The Labute approximate surface area is 161 Å². The normalized spacial score (nSPS) is 19.2. The van der Waals surface area contributed by atoms with Crippen LogP contribution in [0.15, 0.2) is 42.1 Å². The van der Waals surface area contributed by atoms with E-state index in [0.717, 1.165) is 6.07 Å². The van der Waals surface area contributed by atoms with Crippen molar-refractivity contribution in [3.8, 4) is 5.88 Å². The zero-order chi connectivity index (χ0) is 21.1. The number of pyridine rings is 1. The number of alkyl halides is 3. The maximum absolute atomic E-state index is 14.0. The number of aromatic nitrogens is 1. The van der Waals surface area contributed by atoms with Crippen molar-refractivity contribution in [1.82, 2.24) is 15.0 Å². The van der Waals surface area contributed by atoms with Crippen molar-refractivity contribution in [2.45, 2.75) is 39.4 Å². The van der Waals surface area contributed by atoms with Gasteiger partial charge in [0, 0.05) is 25.0 Å². The number of hydrogen-bond acceptors (Lipinski definition) is 5. The van der Waals surface area contributed by atoms with E-state index in [-0.39, 0.29) is 11.8 Å². The molecule has 0 spiro atoms. The maximum Gasteiger partial charge on any atom is 0.422 e. The molecular weight excluding hydrogens is 378 g/mol. The fourth-order valence-electron chi connectivity index (χ4n) is 2.93. The van der Waals surface area contributed by atoms with E-state index in [2.05, 4.69) is 9.72 Å². The number of aliphatic hydroxyl groups excluding tert-OH is 1. The summed E-state index contributed by atoms with van der Waals surface area (Å²) in [6, 6.07) is 0.899. The molecule has 1 N–H and O–H groups in total. The molecule has 0 fully saturated rings. The highest BCUT2D eigenvalue weighted by Crippen LogP contribution is 2.35. The van der Waals surface area contributed by atoms with E-state index in [0.29, 0.717) is 23.3 Å². The van der Waals surface area contributed by atoms with E-state index in [4.69, 9.17) is 0 Å². The summed E-state index contributed by atoms with van der Waals surface area (Å²) in [5, 5.41) is 14.0. The fourth-order valence-corrected chi connectivity index (χ4v) is 2.93. The minimum atomic E-state index is -4.57. The first-order valence-electron chi connectivity index (χ1n) is 8.91. The monoisotopic (exact) mass is 401 g/mol. The van der Waals surface area contributed by atoms with Gasteiger partial charge in [-0.25, -0.2) is 14.4 Å². The lowest BCUT2D eigenvalue weighted by Gasteiger charge is -2.29. The third-order valence-electron chi connectivity index (χ3n) is 4.20. The predicted octanol–water partition coefficient (Wildman–Crippen LogP) is 4.81. The molecule has 28 heavy (non-hydrogen) atoms. The van der Waals surface area contributed by atoms with Crippen LogP contribution >= 0.6 is 0 Å². The van der Waals surface area contributed by atoms with Crippen molar-refractivity contribution in [2.75, 3.05) is 13.7 Å². The molecule has 1 atom stereocenters. The molecule has 154 valence electrons. The van der Waals surface area contributed by atoms with E-state index >= 15 is 0 Å². The maximum atomic E-state index is 14.0. The number of hydrogen-bond donors (Lipinski definition) is 1. The molecule has 3 heterocycles. The van der Waals surface area contributed by atoms with Gasteiger partial charge in [0.2, 0.25) is 0 Å². The Morgan fingerprint density at radius 3 is 2.54 bits per heavy atom. The minimum Gasteiger partial charge on any atom is -0.508 e. The highest BCUT2D eigenvalue weighted by molar-refractivity contribution is 5.77. The van der Waals surface area contributed by atoms with Crippen LogP contribution in [0.1, 0.15) is 32.8 Å². The molecular formula is C19H23F4N3O2. The van der Waals surface area contributed by atoms with Crippen molar-refractivity contribution >= 4 is 5.57 Å². The van der Waals surface area contributed by atoms with Crippen LogP contribution in [0.2, 0.25) is 0 Å². The first kappa shape index (κ1) is 21.7. The average Bonchev–Trinajstić information content (AvgIpc) is 2.91. The Kier molecular flexibility index (Phi) is 6.71. The zero-order valence-electron chi connectivity index (χ0n) is 16.1. The van der Waals surface area contributed by atoms with Gasteiger partial charge in [-0.2, -0.15) is 13.2 Å². The molecule has 2 aliphatic heterocycles. The van der Waals surface area contributed by atoms with Crippen molar-refractivity contribution in [2.24, 2.45) is 0 Å². The third kappa shape index (κ3) is 4.46. The molecule has 1 unspecified atom stereocenters. The SMILES string of the molecule is CC.CCC1C(O)=C2C=C(c3cnc(OCC(F)(F)F)c(F)c3)C=CN2N1C. The molecule has 1 aromatic rings. The molecule has 0 aliphatic carbocycles. The summed E-state index contributed by atoms with van der Waals surface area (Å²) >= 11 is 0. The standard InChI is InChI=1S/C17H17F4N3O2.C2H6/c1-3-13-15(25)14-7-10(4-5-24(14)23(13)2)11-6-12(18)16(22-8-11)26-9-17(19,20)21;1-2/h4-8,13,25H,3,9H2,1-2H3;1-2H3. The third-order valence-corrected chi connectivity index (χ3v) is 4.20. The molecule has 0 saturated heterocycles. The molecule has 0 saturated carbocycles. The molecule has 0 aromatic carbocycles. The Morgan fingerprint density at radius 1 is 1.29 bits per heavy atom. The van der Waals surface area contributed by atoms with Gasteiger partial charge in [0.15, 0.2) is 12.4 Å². The predicted molar refractivity (Wildman–Crippen MR) is 97.5 cm³/mol. The van der Waals surface area contributed by atoms with Crippen LogP contribution in [0.4, 0.5) is 17.6 Å². The van der Waals surface area contributed by atoms with Crippen molar-refractivity contribution in [1.29, 1.82) is 0 Å². The summed E-state index contributed by atoms with van der Waals surface area (Å²) in [6.45, 7) is 4.34. The summed E-state index contributed by atoms with van der Waals surface area (Å²) in [5.74, 6) is -1.49. The van der Waals surface area contributed by atoms with Gasteiger partial charge < -0.3 is 9.84 Å². The summed E-state index contributed by atoms with van der Waals surface area (Å²) < 4.78 is 54.9. The highest BCUT2D eigenvalue weighted by atomic mass is 19.4. The summed E-state index contributed by atoms with van der Waals surface area (Å²) in [6.07, 6.45) is 2.48. The van der Waals surface area contributed by atoms with E-state index in [1.54, 1.807) is 23.4 Å². The average molecular weight is 401 g/mol.